The number of urea groups is 1. The summed E-state index contributed by atoms with van der Waals surface area (Å²) in [6, 6.07) is 9.41. The van der Waals surface area contributed by atoms with Gasteiger partial charge in [-0.3, -0.25) is 9.69 Å². The number of carbonyl (C=O) groups is 2. The Balaban J connectivity index is 1.27. The number of alkyl halides is 3. The molecule has 5 rings (SSSR count). The summed E-state index contributed by atoms with van der Waals surface area (Å²) in [6.45, 7) is -0.149. The van der Waals surface area contributed by atoms with Crippen LogP contribution in [0.1, 0.15) is 42.2 Å². The summed E-state index contributed by atoms with van der Waals surface area (Å²) in [5.41, 5.74) is -0.138. The first kappa shape index (κ1) is 23.0. The highest BCUT2D eigenvalue weighted by atomic mass is 19.4. The molecule has 2 aliphatic rings. The van der Waals surface area contributed by atoms with Gasteiger partial charge in [-0.25, -0.2) is 9.18 Å². The van der Waals surface area contributed by atoms with E-state index in [1.54, 1.807) is 6.07 Å². The Morgan fingerprint density at radius 3 is 2.51 bits per heavy atom. The molecule has 11 heteroatoms. The number of nitrogens with one attached hydrogen (secondary N) is 1. The molecule has 2 fully saturated rings. The predicted octanol–water partition coefficient (Wildman–Crippen LogP) is 4.90. The topological polar surface area (TPSA) is 88.3 Å². The number of fused-ring (bicyclic) bond motifs is 1. The van der Waals surface area contributed by atoms with E-state index in [-0.39, 0.29) is 29.8 Å². The number of benzene rings is 2. The van der Waals surface area contributed by atoms with Crippen LogP contribution in [-0.4, -0.2) is 33.0 Å². The fourth-order valence-corrected chi connectivity index (χ4v) is 4.66. The first-order chi connectivity index (χ1) is 16.7. The summed E-state index contributed by atoms with van der Waals surface area (Å²) in [6.07, 6.45) is -3.04. The van der Waals surface area contributed by atoms with Crippen molar-refractivity contribution in [1.82, 2.24) is 20.4 Å². The lowest BCUT2D eigenvalue weighted by molar-refractivity contribution is -0.138. The largest absolute Gasteiger partial charge is 0.416 e. The van der Waals surface area contributed by atoms with E-state index in [1.807, 2.05) is 0 Å². The van der Waals surface area contributed by atoms with Crippen LogP contribution < -0.4 is 5.32 Å². The summed E-state index contributed by atoms with van der Waals surface area (Å²) in [4.78, 5) is 31.1. The third-order valence-electron chi connectivity index (χ3n) is 6.54. The first-order valence-electron chi connectivity index (χ1n) is 11.1. The molecule has 3 unspecified atom stereocenters. The molecule has 1 aliphatic carbocycles. The highest BCUT2D eigenvalue weighted by Gasteiger charge is 2.45. The van der Waals surface area contributed by atoms with Gasteiger partial charge in [0.1, 0.15) is 5.82 Å². The Kier molecular flexibility index (Phi) is 5.78. The van der Waals surface area contributed by atoms with Crippen molar-refractivity contribution in [3.63, 3.8) is 0 Å². The van der Waals surface area contributed by atoms with Crippen LogP contribution in [0.3, 0.4) is 0 Å². The minimum Gasteiger partial charge on any atom is -0.339 e. The minimum atomic E-state index is -4.44. The molecule has 0 radical (unpaired) electrons. The van der Waals surface area contributed by atoms with Crippen molar-refractivity contribution >= 4 is 11.9 Å². The van der Waals surface area contributed by atoms with Crippen molar-refractivity contribution in [2.75, 3.05) is 0 Å². The molecule has 3 atom stereocenters. The first-order valence-corrected chi connectivity index (χ1v) is 11.1. The Morgan fingerprint density at radius 2 is 1.80 bits per heavy atom. The quantitative estimate of drug-likeness (QED) is 0.528. The van der Waals surface area contributed by atoms with Crippen LogP contribution in [0.5, 0.6) is 0 Å². The van der Waals surface area contributed by atoms with E-state index < -0.39 is 35.5 Å². The maximum absolute atomic E-state index is 14.0. The van der Waals surface area contributed by atoms with Crippen molar-refractivity contribution in [3.8, 4) is 11.4 Å². The van der Waals surface area contributed by atoms with Gasteiger partial charge in [-0.15, -0.1) is 0 Å². The van der Waals surface area contributed by atoms with Gasteiger partial charge in [-0.1, -0.05) is 35.5 Å². The number of halogens is 4. The summed E-state index contributed by atoms with van der Waals surface area (Å²) in [7, 11) is 0. The molecule has 1 aliphatic heterocycles. The Morgan fingerprint density at radius 1 is 1.06 bits per heavy atom. The predicted molar refractivity (Wildman–Crippen MR) is 114 cm³/mol. The molecule has 0 bridgehead atoms. The van der Waals surface area contributed by atoms with Gasteiger partial charge in [-0.05, 0) is 37.5 Å². The number of amides is 3. The second-order valence-electron chi connectivity index (χ2n) is 8.72. The zero-order valence-electron chi connectivity index (χ0n) is 18.3. The van der Waals surface area contributed by atoms with Crippen molar-refractivity contribution < 1.29 is 31.7 Å². The molecule has 2 aromatic carbocycles. The number of hydrogen-bond acceptors (Lipinski definition) is 5. The van der Waals surface area contributed by atoms with Gasteiger partial charge >= 0.3 is 12.2 Å². The molecule has 35 heavy (non-hydrogen) atoms. The summed E-state index contributed by atoms with van der Waals surface area (Å²) in [5.74, 6) is -1.05. The molecule has 1 saturated carbocycles. The number of hydrogen-bond donors (Lipinski definition) is 1. The Hall–Kier alpha value is -3.76. The van der Waals surface area contributed by atoms with E-state index in [4.69, 9.17) is 4.52 Å². The van der Waals surface area contributed by atoms with Gasteiger partial charge in [0.05, 0.1) is 18.0 Å². The number of imide groups is 1. The molecule has 1 N–H and O–H groups in total. The molecular formula is C24H20F4N4O3. The van der Waals surface area contributed by atoms with Crippen LogP contribution in [0.2, 0.25) is 0 Å². The monoisotopic (exact) mass is 488 g/mol. The highest BCUT2D eigenvalue weighted by Crippen LogP contribution is 2.39. The zero-order chi connectivity index (χ0) is 24.7. The van der Waals surface area contributed by atoms with E-state index in [0.717, 1.165) is 17.0 Å². The maximum Gasteiger partial charge on any atom is 0.416 e. The average Bonchev–Trinajstić information content (AvgIpc) is 3.32. The molecular weight excluding hydrogens is 468 g/mol. The van der Waals surface area contributed by atoms with Crippen LogP contribution in [0.4, 0.5) is 22.4 Å². The van der Waals surface area contributed by atoms with Crippen molar-refractivity contribution in [2.45, 2.75) is 43.9 Å². The van der Waals surface area contributed by atoms with Crippen LogP contribution in [0, 0.1) is 11.7 Å². The van der Waals surface area contributed by atoms with E-state index in [9.17, 15) is 27.2 Å². The summed E-state index contributed by atoms with van der Waals surface area (Å²) in [5, 5.41) is 6.73. The normalized spacial score (nSPS) is 22.6. The SMILES string of the molecule is O=C1NC2CC(c3nc(-c4ccc(C(F)(F)F)cc4)no3)CCC2C(=O)N1Cc1ccccc1F. The third kappa shape index (κ3) is 4.50. The molecule has 1 aromatic heterocycles. The van der Waals surface area contributed by atoms with E-state index in [0.29, 0.717) is 30.7 Å². The van der Waals surface area contributed by atoms with E-state index in [1.165, 1.54) is 30.3 Å². The van der Waals surface area contributed by atoms with Crippen molar-refractivity contribution in [3.05, 3.63) is 71.4 Å². The second-order valence-corrected chi connectivity index (χ2v) is 8.72. The molecule has 3 aromatic rings. The van der Waals surface area contributed by atoms with E-state index in [2.05, 4.69) is 15.5 Å². The van der Waals surface area contributed by atoms with Crippen LogP contribution in [-0.2, 0) is 17.5 Å². The lowest BCUT2D eigenvalue weighted by Gasteiger charge is -2.41. The van der Waals surface area contributed by atoms with Gasteiger partial charge in [0.2, 0.25) is 17.6 Å². The molecule has 7 nitrogen and oxygen atoms in total. The molecule has 3 amide bonds. The number of rotatable bonds is 4. The molecule has 1 saturated heterocycles. The average molecular weight is 488 g/mol. The molecule has 0 spiro atoms. The third-order valence-corrected chi connectivity index (χ3v) is 6.54. The van der Waals surface area contributed by atoms with Crippen LogP contribution in [0.25, 0.3) is 11.4 Å². The summed E-state index contributed by atoms with van der Waals surface area (Å²) >= 11 is 0. The van der Waals surface area contributed by atoms with Gasteiger partial charge in [0.15, 0.2) is 0 Å². The second kappa shape index (κ2) is 8.79. The smallest absolute Gasteiger partial charge is 0.339 e. The van der Waals surface area contributed by atoms with Gasteiger partial charge in [0.25, 0.3) is 0 Å². The standard InChI is InChI=1S/C24H20F4N4O3/c25-18-4-2-1-3-15(18)12-32-22(33)17-10-7-14(11-19(17)29-23(32)34)21-30-20(31-35-21)13-5-8-16(9-6-13)24(26,27)28/h1-6,8-9,14,17,19H,7,10-12H2,(H,29,34). The fraction of sp³-hybridized carbons (Fsp3) is 0.333. The number of carbonyl (C=O) groups excluding carboxylic acids is 2. The van der Waals surface area contributed by atoms with Gasteiger partial charge < -0.3 is 9.84 Å². The fourth-order valence-electron chi connectivity index (χ4n) is 4.66. The van der Waals surface area contributed by atoms with Gasteiger partial charge in [0, 0.05) is 23.1 Å². The minimum absolute atomic E-state index is 0.149. The van der Waals surface area contributed by atoms with Gasteiger partial charge in [-0.2, -0.15) is 18.2 Å². The van der Waals surface area contributed by atoms with E-state index >= 15 is 0 Å². The number of nitrogens with zero attached hydrogens (tertiary/aromatic N) is 3. The Bertz CT molecular complexity index is 1260. The number of aromatic nitrogens is 2. The van der Waals surface area contributed by atoms with Crippen LogP contribution in [0.15, 0.2) is 53.1 Å². The summed E-state index contributed by atoms with van der Waals surface area (Å²) < 4.78 is 57.8. The lowest BCUT2D eigenvalue weighted by Crippen LogP contribution is -2.61. The molecule has 2 heterocycles. The van der Waals surface area contributed by atoms with Crippen molar-refractivity contribution in [2.24, 2.45) is 5.92 Å². The highest BCUT2D eigenvalue weighted by molar-refractivity contribution is 5.98. The molecule has 182 valence electrons. The Labute approximate surface area is 197 Å². The maximum atomic E-state index is 14.0. The van der Waals surface area contributed by atoms with Crippen LogP contribution >= 0.6 is 0 Å². The van der Waals surface area contributed by atoms with Crippen molar-refractivity contribution in [1.29, 1.82) is 0 Å². The zero-order valence-corrected chi connectivity index (χ0v) is 18.3. The lowest BCUT2D eigenvalue weighted by atomic mass is 9.76.